The molecule has 0 radical (unpaired) electrons. The Labute approximate surface area is 791 Å². The minimum absolute atomic E-state index is 0.176. The lowest BCUT2D eigenvalue weighted by Gasteiger charge is -2.51. The number of aliphatic carboxylic acids is 2. The number of aliphatic hydroxyl groups is 30. The number of hydrogen-bond donors (Lipinski definition) is 35. The number of carboxylic acids is 2. The van der Waals surface area contributed by atoms with E-state index < -0.39 is 451 Å². The quantitative estimate of drug-likeness (QED) is 0.0254. The van der Waals surface area contributed by atoms with E-state index >= 15 is 0 Å². The first kappa shape index (κ1) is 115. The van der Waals surface area contributed by atoms with Crippen LogP contribution in [0.15, 0.2) is 0 Å². The molecule has 57 atom stereocenters. The van der Waals surface area contributed by atoms with Gasteiger partial charge in [0.25, 0.3) is 11.6 Å². The highest BCUT2D eigenvalue weighted by Gasteiger charge is 2.65. The van der Waals surface area contributed by atoms with Crippen LogP contribution in [0.2, 0.25) is 0 Å². The number of amides is 1. The van der Waals surface area contributed by atoms with Crippen molar-refractivity contribution in [2.75, 3.05) is 78.0 Å². The maximum absolute atomic E-state index is 13.1. The number of carboxylic acid groups (broad SMARTS) is 2. The Morgan fingerprint density at radius 2 is 0.623 bits per heavy atom. The molecule has 11 fully saturated rings. The predicted molar refractivity (Wildman–Crippen MR) is 433 cm³/mol. The van der Waals surface area contributed by atoms with Gasteiger partial charge in [-0.1, -0.05) is 43.6 Å². The van der Waals surface area contributed by atoms with Gasteiger partial charge in [-0.15, -0.1) is 0 Å². The average molecular weight is 2090 g/mol. The maximum atomic E-state index is 13.1. The van der Waals surface area contributed by atoms with Crippen molar-refractivity contribution in [1.82, 2.24) is 5.32 Å². The summed E-state index contributed by atoms with van der Waals surface area (Å²) in [6.45, 7) is -7.11. The van der Waals surface area contributed by atoms with Crippen LogP contribution in [0.4, 0.5) is 0 Å². The summed E-state index contributed by atoms with van der Waals surface area (Å²) in [6, 6.07) is -3.34. The van der Waals surface area contributed by atoms with Crippen molar-refractivity contribution in [1.29, 1.82) is 0 Å². The molecule has 37 N–H and O–H groups in total. The van der Waals surface area contributed by atoms with E-state index in [1.54, 1.807) is 0 Å². The average Bonchev–Trinajstić information content (AvgIpc) is 0.753. The summed E-state index contributed by atoms with van der Waals surface area (Å²) in [5.74, 6) is -16.5. The zero-order valence-electron chi connectivity index (χ0n) is 74.3. The van der Waals surface area contributed by atoms with Gasteiger partial charge >= 0.3 is 11.9 Å². The largest absolute Gasteiger partial charge is 0.477 e. The van der Waals surface area contributed by atoms with E-state index in [9.17, 15) is 178 Å². The number of rotatable bonds is 39. The lowest BCUT2D eigenvalue weighted by atomic mass is 9.88. The molecule has 11 aliphatic rings. The van der Waals surface area contributed by atoms with E-state index in [4.69, 9.17) is 111 Å². The fraction of sp³-hybridized carbons (Fsp3) is 0.962. The Morgan fingerprint density at radius 1 is 0.341 bits per heavy atom. The number of nitrogens with one attached hydrogen (secondary N) is 1. The summed E-state index contributed by atoms with van der Waals surface area (Å²) < 4.78 is 126. The van der Waals surface area contributed by atoms with Crippen molar-refractivity contribution in [3.8, 4) is 0 Å². The molecule has 802 valence electrons. The zero-order chi connectivity index (χ0) is 102. The number of alkyl halides is 1. The minimum Gasteiger partial charge on any atom is -0.477 e. The number of aliphatic hydroxyl groups excluding tert-OH is 30. The Bertz CT molecular complexity index is 3770. The highest BCUT2D eigenvalue weighted by atomic mass is 79.9. The van der Waals surface area contributed by atoms with Crippen molar-refractivity contribution < 1.29 is 277 Å². The van der Waals surface area contributed by atoms with Crippen LogP contribution in [0, 0.1) is 23.7 Å². The van der Waals surface area contributed by atoms with Crippen LogP contribution in [-0.4, -0.2) is 584 Å². The molecule has 0 spiro atoms. The van der Waals surface area contributed by atoms with Crippen molar-refractivity contribution in [3.63, 3.8) is 0 Å². The lowest BCUT2D eigenvalue weighted by molar-refractivity contribution is -0.404. The van der Waals surface area contributed by atoms with Gasteiger partial charge in [-0.2, -0.15) is 0 Å². The van der Waals surface area contributed by atoms with E-state index in [-0.39, 0.29) is 5.33 Å². The highest BCUT2D eigenvalue weighted by molar-refractivity contribution is 9.09. The number of halogens is 1. The summed E-state index contributed by atoms with van der Waals surface area (Å²) in [7, 11) is 0. The van der Waals surface area contributed by atoms with Gasteiger partial charge < -0.3 is 280 Å². The maximum Gasteiger partial charge on any atom is 0.364 e. The minimum atomic E-state index is -3.19. The fourth-order valence-corrected chi connectivity index (χ4v) is 18.5. The first-order chi connectivity index (χ1) is 65.2. The monoisotopic (exact) mass is 2090 g/mol. The Hall–Kier alpha value is -3.23. The molecule has 60 heteroatoms. The van der Waals surface area contributed by atoms with E-state index in [1.165, 1.54) is 27.7 Å². The second-order valence-electron chi connectivity index (χ2n) is 36.1. The number of ether oxygens (including phenoxy) is 21. The molecular formula is C78H132BrN3O56. The van der Waals surface area contributed by atoms with Gasteiger partial charge in [0.1, 0.15) is 214 Å². The van der Waals surface area contributed by atoms with Crippen molar-refractivity contribution in [3.05, 3.63) is 0 Å². The Balaban J connectivity index is 0.855. The Kier molecular flexibility index (Phi) is 41.1. The summed E-state index contributed by atoms with van der Waals surface area (Å²) >= 11 is 3.03. The standard InChI is InChI=1S/C78H132BrN3O56/c1-19-39(98)55(31(14-89)119-66(19)82-36(97)7-79)128-67-20(2)40(99)56(32(15-90)124-67)129-70-52(111)61(132-74-65(51(110)46(105)28(11-86)123-74)134-69-22(4)42(101)58(34(17-92)126-69)131-72-54(113)63(48(107)30(13-88)121-72)138-78(76(116)117)6-24(94)38(81)60(136-78)44(103)26(96)9-84)49(108)35(127-70)18-118-73-64(50(109)45(104)27(10-85)122-73)133-68-21(3)41(100)57(33(16-91)125-68)130-71-53(112)62(47(106)29(12-87)120-71)137-77(75(114)115)5-23(93)37(80)59(135-77)43(102)25(95)8-83/h19-35,37-74,83-96,98-113H,5-18,80-81H2,1-4H3,(H,82,97)(H,114,115)(H,116,117)/t19-,20-,21?,22-,23+,24+,25+,26+,27?,28+,29?,30?,31?,32?,33-,34?,35?,37+,38+,39?,40?,41?,42?,43+,44+,45+,46+,47-,48-,49+,50?,51?,52+,53-,54-,55+,56+,57+,58+,59?,60?,61?,62?,63?,64+,65?,66+,67-,68-,69-,70-,71-,72-,73-,74+,77-,78-/m0/s1. The van der Waals surface area contributed by atoms with Gasteiger partial charge in [-0.3, -0.25) is 4.79 Å². The number of hydrogen-bond acceptors (Lipinski definition) is 56. The van der Waals surface area contributed by atoms with Gasteiger partial charge in [0.05, 0.1) is 127 Å². The van der Waals surface area contributed by atoms with E-state index in [2.05, 4.69) is 21.2 Å². The normalized spacial score (nSPS) is 49.8. The molecule has 0 aliphatic carbocycles. The molecule has 0 saturated carbocycles. The van der Waals surface area contributed by atoms with E-state index in [0.717, 1.165) is 0 Å². The molecule has 0 aromatic carbocycles. The third-order valence-electron chi connectivity index (χ3n) is 26.9. The Morgan fingerprint density at radius 3 is 0.971 bits per heavy atom. The van der Waals surface area contributed by atoms with Crippen LogP contribution in [-0.2, 0) is 114 Å². The van der Waals surface area contributed by atoms with Crippen LogP contribution < -0.4 is 16.8 Å². The van der Waals surface area contributed by atoms with Crippen molar-refractivity contribution in [2.45, 2.75) is 365 Å². The van der Waals surface area contributed by atoms with Gasteiger partial charge in [0.2, 0.25) is 5.91 Å². The summed E-state index contributed by atoms with van der Waals surface area (Å²) in [5.41, 5.74) is 12.0. The van der Waals surface area contributed by atoms with Gasteiger partial charge in [-0.25, -0.2) is 9.59 Å². The molecule has 11 aliphatic heterocycles. The summed E-state index contributed by atoms with van der Waals surface area (Å²) in [4.78, 5) is 38.6. The second-order valence-corrected chi connectivity index (χ2v) is 36.6. The molecule has 0 bridgehead atoms. The molecule has 11 saturated heterocycles. The topological polar surface area (TPSA) is 956 Å². The van der Waals surface area contributed by atoms with Crippen molar-refractivity contribution >= 4 is 33.8 Å². The third-order valence-corrected chi connectivity index (χ3v) is 27.4. The first-order valence-electron chi connectivity index (χ1n) is 44.5. The lowest BCUT2D eigenvalue weighted by Crippen LogP contribution is -2.70. The van der Waals surface area contributed by atoms with Gasteiger partial charge in [-0.05, 0) is 0 Å². The molecule has 138 heavy (non-hydrogen) atoms. The molecule has 11 heterocycles. The highest BCUT2D eigenvalue weighted by Crippen LogP contribution is 2.46. The summed E-state index contributed by atoms with van der Waals surface area (Å²) in [6.07, 6.45) is -103. The summed E-state index contributed by atoms with van der Waals surface area (Å²) in [5, 5.41) is 360. The van der Waals surface area contributed by atoms with E-state index in [0.29, 0.717) is 0 Å². The van der Waals surface area contributed by atoms with Gasteiger partial charge in [0, 0.05) is 36.5 Å². The van der Waals surface area contributed by atoms with Crippen molar-refractivity contribution in [2.24, 2.45) is 35.1 Å². The molecule has 1 amide bonds. The molecule has 0 aromatic rings. The number of carbonyl (C=O) groups is 3. The number of carbonyl (C=O) groups excluding carboxylic acids is 1. The van der Waals surface area contributed by atoms with Crippen LogP contribution in [0.5, 0.6) is 0 Å². The van der Waals surface area contributed by atoms with Crippen LogP contribution in [0.3, 0.4) is 0 Å². The number of nitrogens with two attached hydrogens (primary N) is 2. The predicted octanol–water partition coefficient (Wildman–Crippen LogP) is -21.0. The van der Waals surface area contributed by atoms with Crippen LogP contribution in [0.25, 0.3) is 0 Å². The SMILES string of the molecule is CC1C(O)[C@H](O[C@@H]2OC(CO)[C@H](O)C(O[C@]3(C(=O)O)C[C@@H](O)[C@@H](N)C([C@H](O)[C@H](O)CO)O3)[C@@H]2O)[C@H](CO)O[C@H]1O[C@@H]1C(O)[C@H](O)C(CO)O[C@@H]1OCC1O[C@@H](O[C@@H]2C(CO)O[C@@H](O[C@@H]3C(CO)O[C@@H](NC(=O)CBr)[C@@H](C)C3O)[C@@H](C)C2O)[C@H](O)C(O[C@H]2O[C@H](CO)[C@@H](O)C(O)C2O[C@@H]2OC(CO)[C@@H](O[C@@H]3OC(CO)[C@H](O)C(O[C@]4(C(=O)O)C[C@@H](O)[C@@H](N)C([C@H](O)[C@H](O)CO)O4)[C@@H]3O)C(O)[C@@H]2C)[C@@H]1O. The second kappa shape index (κ2) is 49.3. The first-order valence-corrected chi connectivity index (χ1v) is 45.7. The molecule has 0 aromatic heterocycles. The fourth-order valence-electron chi connectivity index (χ4n) is 18.4. The van der Waals surface area contributed by atoms with Crippen LogP contribution in [0.1, 0.15) is 40.5 Å². The van der Waals surface area contributed by atoms with Gasteiger partial charge in [0.15, 0.2) is 50.3 Å². The zero-order valence-corrected chi connectivity index (χ0v) is 75.9. The molecule has 11 rings (SSSR count). The van der Waals surface area contributed by atoms with Crippen LogP contribution >= 0.6 is 15.9 Å². The molecular weight excluding hydrogens is 1950 g/mol. The third kappa shape index (κ3) is 24.0. The molecule has 59 nitrogen and oxygen atoms in total. The molecule has 20 unspecified atom stereocenters. The van der Waals surface area contributed by atoms with E-state index in [1.807, 2.05) is 0 Å². The smallest absolute Gasteiger partial charge is 0.364 e.